The highest BCUT2D eigenvalue weighted by atomic mass is 32.1. The lowest BCUT2D eigenvalue weighted by atomic mass is 10.0. The molecule has 0 amide bonds. The van der Waals surface area contributed by atoms with E-state index in [1.54, 1.807) is 0 Å². The number of nitrogens with one attached hydrogen (secondary N) is 1. The highest BCUT2D eigenvalue weighted by Gasteiger charge is 2.15. The molecule has 0 saturated heterocycles. The van der Waals surface area contributed by atoms with Crippen molar-refractivity contribution >= 4 is 71.3 Å². The standard InChI is InChI=1S/C39H25N3OS/c40-38(28-19-21-35-33(23-28)32-22-27(18-20-34(32)43-35)26-12-5-2-6-13-26)42-39(41-24-25-10-3-1-4-11-25)31-16-9-15-30-29-14-7-8-17-36(29)44-37(30)31/h1-24,40H/i1D,2D,3D,4D,5D,6D,7D,8D,9D,10D,11D,12D,13D,14D,15D,16D,17D,18D,19D,20D,21D,22D,23D. The SMILES string of the molecule is [2H]c1c([2H])c([2H])c(C=NC(=NC(=N)c2c([2H])c([2H])c3oc4c([2H])c([2H])c(-c5c([2H])c([2H])c([2H])c([2H])c5[2H])c([2H])c4c3c2[2H])c2c([2H])c([2H])c([2H])c3c2sc2c([2H])c([2H])c([2H])c([2H])c23)c([2H])c1[2H]. The molecule has 0 bridgehead atoms. The minimum absolute atomic E-state index is 0.110. The molecule has 2 heterocycles. The van der Waals surface area contributed by atoms with Crippen molar-refractivity contribution in [2.45, 2.75) is 0 Å². The second kappa shape index (κ2) is 10.9. The molecule has 0 aliphatic heterocycles. The van der Waals surface area contributed by atoms with Gasteiger partial charge in [-0.2, -0.15) is 0 Å². The van der Waals surface area contributed by atoms with Gasteiger partial charge >= 0.3 is 0 Å². The Morgan fingerprint density at radius 2 is 1.36 bits per heavy atom. The van der Waals surface area contributed by atoms with Gasteiger partial charge < -0.3 is 4.42 Å². The average molecular weight is 607 g/mol. The van der Waals surface area contributed by atoms with E-state index in [2.05, 4.69) is 9.98 Å². The molecular weight excluding hydrogens is 559 g/mol. The van der Waals surface area contributed by atoms with Crippen LogP contribution in [0.3, 0.4) is 0 Å². The van der Waals surface area contributed by atoms with Crippen LogP contribution in [0.25, 0.3) is 53.2 Å². The minimum atomic E-state index is -1.09. The molecule has 0 aliphatic rings. The van der Waals surface area contributed by atoms with Crippen LogP contribution in [0.4, 0.5) is 0 Å². The first-order valence-electron chi connectivity index (χ1n) is 24.0. The van der Waals surface area contributed by atoms with Crippen LogP contribution in [0.1, 0.15) is 48.2 Å². The Hall–Kier alpha value is -5.65. The summed E-state index contributed by atoms with van der Waals surface area (Å²) in [6, 6.07) is -17.5. The van der Waals surface area contributed by atoms with Gasteiger partial charge in [0.1, 0.15) is 11.2 Å². The quantitative estimate of drug-likeness (QED) is 0.157. The van der Waals surface area contributed by atoms with Crippen LogP contribution < -0.4 is 0 Å². The van der Waals surface area contributed by atoms with Crippen molar-refractivity contribution < 1.29 is 35.9 Å². The van der Waals surface area contributed by atoms with Gasteiger partial charge in [0.25, 0.3) is 0 Å². The van der Waals surface area contributed by atoms with E-state index in [-0.39, 0.29) is 20.2 Å². The molecule has 8 rings (SSSR count). The van der Waals surface area contributed by atoms with E-state index in [1.807, 2.05) is 0 Å². The van der Waals surface area contributed by atoms with E-state index >= 15 is 0 Å². The van der Waals surface area contributed by atoms with Crippen molar-refractivity contribution in [2.24, 2.45) is 9.98 Å². The summed E-state index contributed by atoms with van der Waals surface area (Å²) in [5, 5.41) is 7.86. The van der Waals surface area contributed by atoms with Crippen LogP contribution in [-0.4, -0.2) is 17.9 Å². The van der Waals surface area contributed by atoms with Crippen LogP contribution in [0.5, 0.6) is 0 Å². The van der Waals surface area contributed by atoms with Crippen molar-refractivity contribution in [3.8, 4) is 11.1 Å². The van der Waals surface area contributed by atoms with Gasteiger partial charge in [-0.05, 0) is 59.0 Å². The van der Waals surface area contributed by atoms with Crippen LogP contribution in [0, 0.1) is 5.41 Å². The third-order valence-corrected chi connectivity index (χ3v) is 7.33. The Kier molecular flexibility index (Phi) is 2.83. The predicted molar refractivity (Wildman–Crippen MR) is 186 cm³/mol. The first-order chi connectivity index (χ1) is 31.3. The monoisotopic (exact) mass is 606 g/mol. The first-order valence-corrected chi connectivity index (χ1v) is 13.4. The second-order valence-electron chi connectivity index (χ2n) is 8.85. The van der Waals surface area contributed by atoms with Crippen LogP contribution >= 0.6 is 11.3 Å². The number of benzene rings is 6. The molecule has 8 aromatic rings. The van der Waals surface area contributed by atoms with E-state index in [9.17, 15) is 8.15 Å². The lowest BCUT2D eigenvalue weighted by Gasteiger charge is -2.06. The van der Waals surface area contributed by atoms with Gasteiger partial charge in [0.15, 0.2) is 11.7 Å². The van der Waals surface area contributed by atoms with Gasteiger partial charge in [0.05, 0.1) is 31.5 Å². The average Bonchev–Trinajstić information content (AvgIpc) is 3.90. The van der Waals surface area contributed by atoms with Crippen LogP contribution in [-0.2, 0) is 0 Å². The van der Waals surface area contributed by atoms with Gasteiger partial charge in [-0.15, -0.1) is 11.3 Å². The molecule has 2 aromatic heterocycles. The van der Waals surface area contributed by atoms with Crippen molar-refractivity contribution in [1.29, 1.82) is 5.41 Å². The number of hydrogen-bond donors (Lipinski definition) is 1. The molecule has 6 aromatic carbocycles. The third kappa shape index (κ3) is 4.70. The fraction of sp³-hybridized carbons (Fsp3) is 0. The van der Waals surface area contributed by atoms with E-state index < -0.39 is 200 Å². The molecule has 1 N–H and O–H groups in total. The third-order valence-electron chi connectivity index (χ3n) is 6.21. The van der Waals surface area contributed by atoms with Crippen molar-refractivity contribution in [3.63, 3.8) is 0 Å². The zero-order valence-corrected chi connectivity index (χ0v) is 22.6. The smallest absolute Gasteiger partial charge is 0.163 e. The summed E-state index contributed by atoms with van der Waals surface area (Å²) in [5.74, 6) is -1.88. The Balaban J connectivity index is 1.48. The molecule has 208 valence electrons. The first kappa shape index (κ1) is 11.5. The summed E-state index contributed by atoms with van der Waals surface area (Å²) >= 11 is 0.647. The van der Waals surface area contributed by atoms with Gasteiger partial charge in [-0.25, -0.2) is 9.98 Å². The van der Waals surface area contributed by atoms with E-state index in [4.69, 9.17) is 33.2 Å². The Morgan fingerprint density at radius 1 is 0.659 bits per heavy atom. The lowest BCUT2D eigenvalue weighted by Crippen LogP contribution is -2.05. The highest BCUT2D eigenvalue weighted by molar-refractivity contribution is 7.26. The fourth-order valence-electron chi connectivity index (χ4n) is 4.26. The van der Waals surface area contributed by atoms with Gasteiger partial charge in [0, 0.05) is 48.3 Å². The lowest BCUT2D eigenvalue weighted by molar-refractivity contribution is 0.669. The van der Waals surface area contributed by atoms with Crippen LogP contribution in [0.2, 0.25) is 0 Å². The number of nitrogens with zero attached hydrogens (tertiary/aromatic N) is 2. The molecular formula is C39H25N3OS. The molecule has 0 radical (unpaired) electrons. The zero-order valence-electron chi connectivity index (χ0n) is 44.8. The molecule has 0 spiro atoms. The fourth-order valence-corrected chi connectivity index (χ4v) is 5.32. The Morgan fingerprint density at radius 3 is 2.20 bits per heavy atom. The molecule has 0 saturated carbocycles. The Labute approximate surface area is 290 Å². The predicted octanol–water partition coefficient (Wildman–Crippen LogP) is 10.5. The molecule has 44 heavy (non-hydrogen) atoms. The van der Waals surface area contributed by atoms with E-state index in [1.165, 1.54) is 0 Å². The Bertz CT molecular complexity index is 3650. The summed E-state index contributed by atoms with van der Waals surface area (Å²) in [6.45, 7) is 0. The summed E-state index contributed by atoms with van der Waals surface area (Å²) in [6.07, 6.45) is 0.742. The van der Waals surface area contributed by atoms with Crippen molar-refractivity contribution in [3.05, 3.63) is 156 Å². The maximum atomic E-state index is 9.35. The van der Waals surface area contributed by atoms with E-state index in [0.29, 0.717) is 11.3 Å². The molecule has 5 heteroatoms. The molecule has 0 aliphatic carbocycles. The number of aliphatic imine (C=N–C) groups is 2. The van der Waals surface area contributed by atoms with Crippen molar-refractivity contribution in [2.75, 3.05) is 0 Å². The second-order valence-corrected chi connectivity index (χ2v) is 9.87. The number of amidine groups is 2. The summed E-state index contributed by atoms with van der Waals surface area (Å²) < 4.78 is 202. The highest BCUT2D eigenvalue weighted by Crippen LogP contribution is 2.37. The van der Waals surface area contributed by atoms with Crippen LogP contribution in [0.15, 0.2) is 153 Å². The number of fused-ring (bicyclic) bond motifs is 6. The zero-order chi connectivity index (χ0) is 49.5. The number of thiophene rings is 1. The number of hydrogen-bond acceptors (Lipinski definition) is 3. The van der Waals surface area contributed by atoms with E-state index in [0.717, 1.165) is 6.21 Å². The molecule has 0 unspecified atom stereocenters. The normalized spacial score (nSPS) is 19.5. The summed E-state index contributed by atoms with van der Waals surface area (Å²) in [4.78, 5) is 8.48. The maximum absolute atomic E-state index is 9.35. The number of furan rings is 1. The van der Waals surface area contributed by atoms with Gasteiger partial charge in [-0.3, -0.25) is 5.41 Å². The largest absolute Gasteiger partial charge is 0.456 e. The maximum Gasteiger partial charge on any atom is 0.163 e. The minimum Gasteiger partial charge on any atom is -0.456 e. The topological polar surface area (TPSA) is 61.7 Å². The molecule has 0 atom stereocenters. The summed E-state index contributed by atoms with van der Waals surface area (Å²) in [5.41, 5.74) is -4.20. The van der Waals surface area contributed by atoms with Gasteiger partial charge in [-0.1, -0.05) is 96.7 Å². The number of rotatable bonds is 4. The molecule has 0 fully saturated rings. The summed E-state index contributed by atoms with van der Waals surface area (Å²) in [7, 11) is 0. The molecule has 4 nitrogen and oxygen atoms in total. The van der Waals surface area contributed by atoms with Crippen molar-refractivity contribution in [1.82, 2.24) is 0 Å². The van der Waals surface area contributed by atoms with Gasteiger partial charge in [0.2, 0.25) is 0 Å².